The smallest absolute Gasteiger partial charge is 0.251 e. The number of rotatable bonds is 6. The number of likely N-dealkylation sites (tertiary alicyclic amines) is 2. The molecule has 2 fully saturated rings. The van der Waals surface area contributed by atoms with Crippen molar-refractivity contribution < 1.29 is 9.53 Å². The average Bonchev–Trinajstić information content (AvgIpc) is 2.79. The van der Waals surface area contributed by atoms with Gasteiger partial charge in [0.2, 0.25) is 0 Å². The first-order valence-corrected chi connectivity index (χ1v) is 11.0. The van der Waals surface area contributed by atoms with Gasteiger partial charge in [0.15, 0.2) is 0 Å². The van der Waals surface area contributed by atoms with Crippen molar-refractivity contribution in [2.75, 3.05) is 33.2 Å². The minimum absolute atomic E-state index is 0.108. The molecular weight excluding hydrogens is 376 g/mol. The topological polar surface area (TPSA) is 57.7 Å². The maximum atomic E-state index is 12.5. The SMILES string of the molecule is CN1CCC(N2CCC(Oc3cccc(C(=O)NCc4ccccn4)c3)CC2)CC1. The van der Waals surface area contributed by atoms with E-state index in [-0.39, 0.29) is 12.0 Å². The second kappa shape index (κ2) is 10.0. The van der Waals surface area contributed by atoms with Crippen LogP contribution < -0.4 is 10.1 Å². The number of ether oxygens (including phenoxy) is 1. The van der Waals surface area contributed by atoms with Gasteiger partial charge in [-0.1, -0.05) is 12.1 Å². The van der Waals surface area contributed by atoms with Crippen molar-refractivity contribution in [3.63, 3.8) is 0 Å². The molecule has 160 valence electrons. The molecule has 30 heavy (non-hydrogen) atoms. The van der Waals surface area contributed by atoms with E-state index in [0.717, 1.165) is 43.4 Å². The third-order valence-corrected chi connectivity index (χ3v) is 6.24. The van der Waals surface area contributed by atoms with Crippen molar-refractivity contribution in [2.45, 2.75) is 44.4 Å². The third kappa shape index (κ3) is 5.58. The van der Waals surface area contributed by atoms with Crippen LogP contribution in [0.2, 0.25) is 0 Å². The molecule has 2 aliphatic rings. The zero-order valence-electron chi connectivity index (χ0n) is 17.8. The van der Waals surface area contributed by atoms with Crippen LogP contribution in [0.15, 0.2) is 48.7 Å². The lowest BCUT2D eigenvalue weighted by Crippen LogP contribution is -2.48. The Morgan fingerprint density at radius 3 is 2.60 bits per heavy atom. The molecule has 0 atom stereocenters. The Balaban J connectivity index is 1.26. The monoisotopic (exact) mass is 408 g/mol. The summed E-state index contributed by atoms with van der Waals surface area (Å²) in [6.45, 7) is 5.03. The molecule has 0 unspecified atom stereocenters. The number of pyridine rings is 1. The van der Waals surface area contributed by atoms with Gasteiger partial charge < -0.3 is 19.9 Å². The molecule has 0 spiro atoms. The van der Waals surface area contributed by atoms with E-state index in [2.05, 4.69) is 27.1 Å². The van der Waals surface area contributed by atoms with Crippen LogP contribution in [0, 0.1) is 0 Å². The molecule has 2 aliphatic heterocycles. The number of carbonyl (C=O) groups excluding carboxylic acids is 1. The van der Waals surface area contributed by atoms with Gasteiger partial charge in [-0.15, -0.1) is 0 Å². The molecule has 1 aromatic heterocycles. The number of hydrogen-bond acceptors (Lipinski definition) is 5. The van der Waals surface area contributed by atoms with Gasteiger partial charge in [0.25, 0.3) is 5.91 Å². The Labute approximate surface area is 179 Å². The lowest BCUT2D eigenvalue weighted by Gasteiger charge is -2.41. The van der Waals surface area contributed by atoms with Crippen LogP contribution in [-0.4, -0.2) is 66.1 Å². The van der Waals surface area contributed by atoms with Gasteiger partial charge in [-0.3, -0.25) is 9.78 Å². The third-order valence-electron chi connectivity index (χ3n) is 6.24. The quantitative estimate of drug-likeness (QED) is 0.796. The fraction of sp³-hybridized carbons (Fsp3) is 0.500. The van der Waals surface area contributed by atoms with Crippen LogP contribution in [0.25, 0.3) is 0 Å². The lowest BCUT2D eigenvalue weighted by molar-refractivity contribution is 0.0525. The molecule has 1 aromatic carbocycles. The van der Waals surface area contributed by atoms with E-state index in [1.165, 1.54) is 25.9 Å². The fourth-order valence-electron chi connectivity index (χ4n) is 4.40. The maximum absolute atomic E-state index is 12.5. The summed E-state index contributed by atoms with van der Waals surface area (Å²) < 4.78 is 6.23. The number of amides is 1. The van der Waals surface area contributed by atoms with Gasteiger partial charge in [0.1, 0.15) is 11.9 Å². The van der Waals surface area contributed by atoms with E-state index in [4.69, 9.17) is 4.74 Å². The van der Waals surface area contributed by atoms with E-state index in [0.29, 0.717) is 12.1 Å². The molecule has 2 aromatic rings. The highest BCUT2D eigenvalue weighted by Gasteiger charge is 2.28. The molecular formula is C24H32N4O2. The number of nitrogens with zero attached hydrogens (tertiary/aromatic N) is 3. The second-order valence-corrected chi connectivity index (χ2v) is 8.42. The zero-order chi connectivity index (χ0) is 20.8. The summed E-state index contributed by atoms with van der Waals surface area (Å²) in [5.74, 6) is 0.668. The molecule has 6 nitrogen and oxygen atoms in total. The van der Waals surface area contributed by atoms with Crippen LogP contribution in [0.4, 0.5) is 0 Å². The van der Waals surface area contributed by atoms with Gasteiger partial charge in [-0.2, -0.15) is 0 Å². The molecule has 2 saturated heterocycles. The summed E-state index contributed by atoms with van der Waals surface area (Å²) in [4.78, 5) is 21.8. The highest BCUT2D eigenvalue weighted by molar-refractivity contribution is 5.94. The van der Waals surface area contributed by atoms with Crippen molar-refractivity contribution in [2.24, 2.45) is 0 Å². The van der Waals surface area contributed by atoms with Crippen molar-refractivity contribution in [1.29, 1.82) is 0 Å². The molecule has 3 heterocycles. The van der Waals surface area contributed by atoms with Crippen LogP contribution in [0.3, 0.4) is 0 Å². The van der Waals surface area contributed by atoms with Crippen molar-refractivity contribution in [1.82, 2.24) is 20.1 Å². The summed E-state index contributed by atoms with van der Waals surface area (Å²) in [7, 11) is 2.21. The molecule has 1 N–H and O–H groups in total. The molecule has 4 rings (SSSR count). The van der Waals surface area contributed by atoms with E-state index >= 15 is 0 Å². The lowest BCUT2D eigenvalue weighted by atomic mass is 9.99. The van der Waals surface area contributed by atoms with E-state index < -0.39 is 0 Å². The highest BCUT2D eigenvalue weighted by Crippen LogP contribution is 2.24. The number of benzene rings is 1. The van der Waals surface area contributed by atoms with Gasteiger partial charge in [-0.25, -0.2) is 0 Å². The fourth-order valence-corrected chi connectivity index (χ4v) is 4.40. The summed E-state index contributed by atoms with van der Waals surface area (Å²) in [6, 6.07) is 13.9. The normalized spacial score (nSPS) is 19.5. The number of carbonyl (C=O) groups is 1. The zero-order valence-corrected chi connectivity index (χ0v) is 17.8. The molecule has 0 aliphatic carbocycles. The van der Waals surface area contributed by atoms with Crippen LogP contribution in [0.5, 0.6) is 5.75 Å². The van der Waals surface area contributed by atoms with Crippen LogP contribution in [0.1, 0.15) is 41.7 Å². The minimum Gasteiger partial charge on any atom is -0.490 e. The maximum Gasteiger partial charge on any atom is 0.251 e. The number of aromatic nitrogens is 1. The number of nitrogens with one attached hydrogen (secondary N) is 1. The predicted octanol–water partition coefficient (Wildman–Crippen LogP) is 2.95. The largest absolute Gasteiger partial charge is 0.490 e. The molecule has 0 radical (unpaired) electrons. The van der Waals surface area contributed by atoms with Crippen LogP contribution in [-0.2, 0) is 6.54 Å². The molecule has 0 saturated carbocycles. The van der Waals surface area contributed by atoms with E-state index in [1.807, 2.05) is 42.5 Å². The Morgan fingerprint density at radius 2 is 1.87 bits per heavy atom. The molecule has 1 amide bonds. The summed E-state index contributed by atoms with van der Waals surface area (Å²) in [6.07, 6.45) is 6.59. The molecule has 0 bridgehead atoms. The van der Waals surface area contributed by atoms with Gasteiger partial charge >= 0.3 is 0 Å². The summed E-state index contributed by atoms with van der Waals surface area (Å²) in [5, 5.41) is 2.92. The van der Waals surface area contributed by atoms with Crippen LogP contribution >= 0.6 is 0 Å². The first-order valence-electron chi connectivity index (χ1n) is 11.0. The minimum atomic E-state index is -0.108. The Bertz CT molecular complexity index is 813. The van der Waals surface area contributed by atoms with Crippen molar-refractivity contribution >= 4 is 5.91 Å². The standard InChI is InChI=1S/C24H32N4O2/c1-27-13-8-21(9-14-27)28-15-10-22(11-16-28)30-23-7-4-5-19(17-23)24(29)26-18-20-6-2-3-12-25-20/h2-7,12,17,21-22H,8-11,13-16,18H2,1H3,(H,26,29). The first kappa shape index (κ1) is 20.8. The Morgan fingerprint density at radius 1 is 1.07 bits per heavy atom. The van der Waals surface area contributed by atoms with Crippen molar-refractivity contribution in [3.8, 4) is 5.75 Å². The molecule has 6 heteroatoms. The van der Waals surface area contributed by atoms with Gasteiger partial charge in [-0.05, 0) is 76.2 Å². The Kier molecular flexibility index (Phi) is 6.97. The summed E-state index contributed by atoms with van der Waals surface area (Å²) in [5.41, 5.74) is 1.46. The van der Waals surface area contributed by atoms with Gasteiger partial charge in [0.05, 0.1) is 12.2 Å². The predicted molar refractivity (Wildman–Crippen MR) is 118 cm³/mol. The average molecular weight is 409 g/mol. The summed E-state index contributed by atoms with van der Waals surface area (Å²) >= 11 is 0. The van der Waals surface area contributed by atoms with Gasteiger partial charge in [0, 0.05) is 30.9 Å². The first-order chi connectivity index (χ1) is 14.7. The number of piperidine rings is 2. The Hall–Kier alpha value is -2.44. The van der Waals surface area contributed by atoms with Crippen molar-refractivity contribution in [3.05, 3.63) is 59.9 Å². The van der Waals surface area contributed by atoms with E-state index in [1.54, 1.807) is 6.20 Å². The number of hydrogen-bond donors (Lipinski definition) is 1. The van der Waals surface area contributed by atoms with E-state index in [9.17, 15) is 4.79 Å². The second-order valence-electron chi connectivity index (χ2n) is 8.42. The highest BCUT2D eigenvalue weighted by atomic mass is 16.5.